The summed E-state index contributed by atoms with van der Waals surface area (Å²) in [5.74, 6) is 0. The third-order valence-electron chi connectivity index (χ3n) is 4.24. The van der Waals surface area contributed by atoms with Gasteiger partial charge in [-0.05, 0) is 36.4 Å². The van der Waals surface area contributed by atoms with E-state index in [2.05, 4.69) is 0 Å². The SMILES string of the molecule is C[N+](C)(C)S(=O)(=O)O[P+](c1ccccc1)(c1ccccc1)c1ccccc1.[H-].[Na+]. The van der Waals surface area contributed by atoms with E-state index in [1.54, 1.807) is 21.1 Å². The number of rotatable bonds is 6. The number of hydrogen-bond acceptors (Lipinski definition) is 3. The maximum atomic E-state index is 13.2. The molecule has 0 heterocycles. The van der Waals surface area contributed by atoms with Crippen LogP contribution in [0.4, 0.5) is 0 Å². The van der Waals surface area contributed by atoms with E-state index >= 15 is 0 Å². The van der Waals surface area contributed by atoms with Gasteiger partial charge in [0.05, 0.1) is 21.1 Å². The van der Waals surface area contributed by atoms with E-state index in [-0.39, 0.29) is 34.9 Å². The van der Waals surface area contributed by atoms with Crippen LogP contribution in [0.1, 0.15) is 1.43 Å². The van der Waals surface area contributed by atoms with Crippen LogP contribution in [0.5, 0.6) is 0 Å². The van der Waals surface area contributed by atoms with Gasteiger partial charge in [0, 0.05) is 0 Å². The fraction of sp³-hybridized carbons (Fsp3) is 0.143. The van der Waals surface area contributed by atoms with Gasteiger partial charge in [0.1, 0.15) is 15.9 Å². The second-order valence-corrected chi connectivity index (χ2v) is 12.3. The Labute approximate surface area is 192 Å². The zero-order chi connectivity index (χ0) is 19.5. The fourth-order valence-corrected chi connectivity index (χ4v) is 8.36. The molecule has 0 spiro atoms. The number of benzene rings is 3. The van der Waals surface area contributed by atoms with Gasteiger partial charge in [0.15, 0.2) is 0 Å². The number of quaternary nitrogens is 1. The summed E-state index contributed by atoms with van der Waals surface area (Å²) < 4.78 is 32.2. The number of hydrogen-bond donors (Lipinski definition) is 0. The Balaban J connectivity index is 0.00000210. The van der Waals surface area contributed by atoms with Gasteiger partial charge in [-0.3, -0.25) is 0 Å². The Morgan fingerprint density at radius 2 is 0.964 bits per heavy atom. The smallest absolute Gasteiger partial charge is 1.00 e. The van der Waals surface area contributed by atoms with E-state index in [9.17, 15) is 8.42 Å². The molecule has 0 amide bonds. The zero-order valence-electron chi connectivity index (χ0n) is 17.7. The minimum Gasteiger partial charge on any atom is -1.00 e. The van der Waals surface area contributed by atoms with E-state index in [1.807, 2.05) is 91.0 Å². The summed E-state index contributed by atoms with van der Waals surface area (Å²) in [5.41, 5.74) is 0. The van der Waals surface area contributed by atoms with Gasteiger partial charge in [-0.1, -0.05) is 58.6 Å². The zero-order valence-corrected chi connectivity index (χ0v) is 20.4. The second-order valence-electron chi connectivity index (χ2n) is 7.01. The molecule has 3 rings (SSSR count). The van der Waals surface area contributed by atoms with Gasteiger partial charge in [-0.15, -0.1) is 8.42 Å². The first kappa shape index (κ1) is 23.2. The van der Waals surface area contributed by atoms with Crippen LogP contribution in [0, 0.1) is 0 Å². The molecule has 0 aliphatic heterocycles. The molecule has 0 saturated carbocycles. The van der Waals surface area contributed by atoms with Crippen LogP contribution in [-0.2, 0) is 14.3 Å². The van der Waals surface area contributed by atoms with Crippen molar-refractivity contribution in [2.24, 2.45) is 0 Å². The Morgan fingerprint density at radius 1 is 0.679 bits per heavy atom. The summed E-state index contributed by atoms with van der Waals surface area (Å²) in [7, 11) is -1.98. The molecule has 0 aliphatic rings. The monoisotopic (exact) mass is 425 g/mol. The van der Waals surface area contributed by atoms with Gasteiger partial charge >= 0.3 is 39.9 Å². The molecule has 0 saturated heterocycles. The first-order valence-electron chi connectivity index (χ1n) is 8.61. The minimum absolute atomic E-state index is 0. The fourth-order valence-electron chi connectivity index (χ4n) is 2.73. The van der Waals surface area contributed by atoms with E-state index in [4.69, 9.17) is 3.97 Å². The van der Waals surface area contributed by atoms with Gasteiger partial charge < -0.3 is 1.43 Å². The van der Waals surface area contributed by atoms with Crippen molar-refractivity contribution in [3.05, 3.63) is 91.0 Å². The van der Waals surface area contributed by atoms with Crippen molar-refractivity contribution in [3.8, 4) is 0 Å². The third kappa shape index (κ3) is 4.58. The molecule has 7 heteroatoms. The molecular formula is C21H25NNaO3PS+2. The van der Waals surface area contributed by atoms with Crippen LogP contribution >= 0.6 is 7.49 Å². The molecular weight excluding hydrogens is 400 g/mol. The molecule has 0 fully saturated rings. The van der Waals surface area contributed by atoms with Gasteiger partial charge in [-0.25, -0.2) is 0 Å². The summed E-state index contributed by atoms with van der Waals surface area (Å²) in [6, 6.07) is 28.9. The van der Waals surface area contributed by atoms with E-state index in [1.165, 1.54) is 0 Å². The van der Waals surface area contributed by atoms with Gasteiger partial charge in [-0.2, -0.15) is 3.89 Å². The molecule has 0 aromatic heterocycles. The molecule has 4 nitrogen and oxygen atoms in total. The third-order valence-corrected chi connectivity index (χ3v) is 10.3. The molecule has 0 unspecified atom stereocenters. The van der Waals surface area contributed by atoms with Crippen molar-refractivity contribution in [2.75, 3.05) is 21.1 Å². The quantitative estimate of drug-likeness (QED) is 0.317. The maximum absolute atomic E-state index is 13.2. The van der Waals surface area contributed by atoms with E-state index in [0.717, 1.165) is 15.9 Å². The van der Waals surface area contributed by atoms with Crippen LogP contribution in [0.15, 0.2) is 91.0 Å². The van der Waals surface area contributed by atoms with Crippen molar-refractivity contribution < 1.29 is 47.3 Å². The molecule has 0 atom stereocenters. The average Bonchev–Trinajstić information content (AvgIpc) is 2.67. The normalized spacial score (nSPS) is 12.2. The predicted molar refractivity (Wildman–Crippen MR) is 114 cm³/mol. The summed E-state index contributed by atoms with van der Waals surface area (Å²) in [4.78, 5) is 0. The summed E-state index contributed by atoms with van der Waals surface area (Å²) in [6.45, 7) is 0. The van der Waals surface area contributed by atoms with Crippen molar-refractivity contribution in [3.63, 3.8) is 0 Å². The number of nitrogens with zero attached hydrogens (tertiary/aromatic N) is 1. The van der Waals surface area contributed by atoms with Crippen LogP contribution < -0.4 is 45.5 Å². The van der Waals surface area contributed by atoms with Crippen molar-refractivity contribution in [1.82, 2.24) is 0 Å². The molecule has 142 valence electrons. The molecule has 28 heavy (non-hydrogen) atoms. The average molecular weight is 425 g/mol. The maximum Gasteiger partial charge on any atom is 1.00 e. The first-order chi connectivity index (χ1) is 12.8. The topological polar surface area (TPSA) is 43.4 Å². The van der Waals surface area contributed by atoms with E-state index < -0.39 is 17.8 Å². The van der Waals surface area contributed by atoms with Crippen molar-refractivity contribution >= 4 is 33.7 Å². The van der Waals surface area contributed by atoms with Crippen LogP contribution in [0.2, 0.25) is 0 Å². The minimum atomic E-state index is -3.91. The van der Waals surface area contributed by atoms with Crippen LogP contribution in [0.3, 0.4) is 0 Å². The Hall–Kier alpha value is -1.04. The Kier molecular flexibility index (Phi) is 7.62. The largest absolute Gasteiger partial charge is 1.00 e. The standard InChI is InChI=1S/C21H24NO3PS.Na.H/c1-22(2,3)27(23,24)25-26(19-13-7-4-8-14-19,20-15-9-5-10-16-20)21-17-11-6-12-18-21;;/h4-18H,1-3H3;;/q+2;+1;-1. The van der Waals surface area contributed by atoms with Crippen LogP contribution in [-0.4, -0.2) is 33.4 Å². The van der Waals surface area contributed by atoms with Crippen molar-refractivity contribution in [1.29, 1.82) is 0 Å². The van der Waals surface area contributed by atoms with Gasteiger partial charge in [0.2, 0.25) is 0 Å². The molecule has 0 N–H and O–H groups in total. The predicted octanol–water partition coefficient (Wildman–Crippen LogP) is -0.0204. The molecule has 3 aromatic rings. The summed E-state index contributed by atoms with van der Waals surface area (Å²) in [5, 5.41) is 2.58. The van der Waals surface area contributed by atoms with Crippen molar-refractivity contribution in [2.45, 2.75) is 0 Å². The molecule has 0 radical (unpaired) electrons. The Morgan fingerprint density at radius 3 is 1.21 bits per heavy atom. The Bertz CT molecular complexity index is 902. The molecule has 3 aromatic carbocycles. The summed E-state index contributed by atoms with van der Waals surface area (Å²) >= 11 is 0. The van der Waals surface area contributed by atoms with Crippen LogP contribution in [0.25, 0.3) is 0 Å². The van der Waals surface area contributed by atoms with E-state index in [0.29, 0.717) is 0 Å². The first-order valence-corrected chi connectivity index (χ1v) is 11.7. The molecule has 0 bridgehead atoms. The summed E-state index contributed by atoms with van der Waals surface area (Å²) in [6.07, 6.45) is 0. The second kappa shape index (κ2) is 9.19. The molecule has 0 aliphatic carbocycles. The van der Waals surface area contributed by atoms with Gasteiger partial charge in [0.25, 0.3) is 7.49 Å².